The molecule has 2 fully saturated rings. The summed E-state index contributed by atoms with van der Waals surface area (Å²) in [5.41, 5.74) is 1.77. The van der Waals surface area contributed by atoms with Gasteiger partial charge in [-0.1, -0.05) is 13.8 Å². The van der Waals surface area contributed by atoms with E-state index in [0.717, 1.165) is 49.4 Å². The lowest BCUT2D eigenvalue weighted by molar-refractivity contribution is 0.246. The summed E-state index contributed by atoms with van der Waals surface area (Å²) in [6, 6.07) is 0.842. The number of aliphatic hydroxyl groups is 1. The van der Waals surface area contributed by atoms with Crippen molar-refractivity contribution in [3.63, 3.8) is 0 Å². The summed E-state index contributed by atoms with van der Waals surface area (Å²) in [7, 11) is 0. The maximum atomic E-state index is 9.58. The Morgan fingerprint density at radius 3 is 2.50 bits per heavy atom. The zero-order valence-corrected chi connectivity index (χ0v) is 12.4. The number of anilines is 1. The van der Waals surface area contributed by atoms with Gasteiger partial charge in [0, 0.05) is 38.1 Å². The van der Waals surface area contributed by atoms with Crippen LogP contribution in [0.2, 0.25) is 0 Å². The molecule has 0 atom stereocenters. The lowest BCUT2D eigenvalue weighted by Crippen LogP contribution is -2.47. The summed E-state index contributed by atoms with van der Waals surface area (Å²) in [5, 5.41) is 9.58. The summed E-state index contributed by atoms with van der Waals surface area (Å²) >= 11 is 0. The van der Waals surface area contributed by atoms with Crippen molar-refractivity contribution in [2.24, 2.45) is 0 Å². The molecule has 0 bridgehead atoms. The molecule has 1 saturated heterocycles. The fraction of sp³-hybridized carbons (Fsp3) is 0.733. The minimum Gasteiger partial charge on any atom is -0.390 e. The van der Waals surface area contributed by atoms with Gasteiger partial charge in [0.25, 0.3) is 0 Å². The first-order valence-electron chi connectivity index (χ1n) is 7.64. The van der Waals surface area contributed by atoms with Crippen LogP contribution in [0.1, 0.15) is 44.1 Å². The molecule has 110 valence electrons. The first kappa shape index (κ1) is 13.8. The first-order chi connectivity index (χ1) is 9.69. The summed E-state index contributed by atoms with van der Waals surface area (Å²) in [5.74, 6) is 1.11. The van der Waals surface area contributed by atoms with Crippen LogP contribution in [-0.4, -0.2) is 52.2 Å². The van der Waals surface area contributed by atoms with Crippen molar-refractivity contribution in [1.82, 2.24) is 14.9 Å². The molecule has 5 heteroatoms. The van der Waals surface area contributed by atoms with Gasteiger partial charge in [-0.2, -0.15) is 0 Å². The van der Waals surface area contributed by atoms with E-state index in [4.69, 9.17) is 0 Å². The van der Waals surface area contributed by atoms with Crippen molar-refractivity contribution >= 4 is 5.69 Å². The molecule has 3 rings (SSSR count). The van der Waals surface area contributed by atoms with Gasteiger partial charge in [-0.25, -0.2) is 9.97 Å². The Balaban J connectivity index is 1.73. The Morgan fingerprint density at radius 2 is 1.95 bits per heavy atom. The van der Waals surface area contributed by atoms with E-state index in [0.29, 0.717) is 5.92 Å². The van der Waals surface area contributed by atoms with Gasteiger partial charge in [0.2, 0.25) is 0 Å². The van der Waals surface area contributed by atoms with Gasteiger partial charge in [0.05, 0.1) is 24.2 Å². The molecule has 1 saturated carbocycles. The van der Waals surface area contributed by atoms with Crippen molar-refractivity contribution in [2.75, 3.05) is 31.1 Å². The Kier molecular flexibility index (Phi) is 3.89. The second-order valence-electron chi connectivity index (χ2n) is 6.13. The van der Waals surface area contributed by atoms with Crippen LogP contribution in [0.3, 0.4) is 0 Å². The predicted octanol–water partition coefficient (Wildman–Crippen LogP) is 1.38. The quantitative estimate of drug-likeness (QED) is 0.900. The second-order valence-corrected chi connectivity index (χ2v) is 6.13. The number of piperazine rings is 1. The molecule has 0 spiro atoms. The maximum absolute atomic E-state index is 9.58. The van der Waals surface area contributed by atoms with E-state index in [1.807, 2.05) is 6.20 Å². The van der Waals surface area contributed by atoms with Crippen LogP contribution in [-0.2, 0) is 6.61 Å². The van der Waals surface area contributed by atoms with Crippen LogP contribution in [0.5, 0.6) is 0 Å². The van der Waals surface area contributed by atoms with E-state index < -0.39 is 0 Å². The van der Waals surface area contributed by atoms with Gasteiger partial charge < -0.3 is 10.0 Å². The molecule has 0 radical (unpaired) electrons. The molecule has 0 aromatic carbocycles. The Hall–Kier alpha value is -1.20. The van der Waals surface area contributed by atoms with Crippen molar-refractivity contribution in [3.05, 3.63) is 17.7 Å². The zero-order chi connectivity index (χ0) is 14.1. The van der Waals surface area contributed by atoms with Crippen LogP contribution in [0.15, 0.2) is 6.20 Å². The molecule has 1 aliphatic carbocycles. The number of hydrogen-bond acceptors (Lipinski definition) is 5. The number of aliphatic hydroxyl groups excluding tert-OH is 1. The third-order valence-electron chi connectivity index (χ3n) is 4.25. The van der Waals surface area contributed by atoms with Crippen molar-refractivity contribution in [1.29, 1.82) is 0 Å². The Bertz CT molecular complexity index is 465. The molecule has 1 aromatic heterocycles. The molecule has 0 unspecified atom stereocenters. The van der Waals surface area contributed by atoms with Crippen molar-refractivity contribution in [3.8, 4) is 0 Å². The van der Waals surface area contributed by atoms with Gasteiger partial charge >= 0.3 is 0 Å². The summed E-state index contributed by atoms with van der Waals surface area (Å²) < 4.78 is 0. The van der Waals surface area contributed by atoms with E-state index >= 15 is 0 Å². The van der Waals surface area contributed by atoms with Gasteiger partial charge in [-0.15, -0.1) is 0 Å². The minimum absolute atomic E-state index is 0.0135. The number of rotatable bonds is 4. The molecule has 5 nitrogen and oxygen atoms in total. The highest BCUT2D eigenvalue weighted by molar-refractivity contribution is 5.49. The molecule has 0 amide bonds. The van der Waals surface area contributed by atoms with Crippen LogP contribution in [0.25, 0.3) is 0 Å². The van der Waals surface area contributed by atoms with Crippen molar-refractivity contribution in [2.45, 2.75) is 45.3 Å². The standard InChI is InChI=1S/C15H24N4O/c1-11(2)15-16-9-14(13(10-20)17-15)19-7-5-18(6-8-19)12-3-4-12/h9,11-12,20H,3-8,10H2,1-2H3. The van der Waals surface area contributed by atoms with Crippen LogP contribution in [0.4, 0.5) is 5.69 Å². The topological polar surface area (TPSA) is 52.5 Å². The average Bonchev–Trinajstić information content (AvgIpc) is 3.31. The van der Waals surface area contributed by atoms with Gasteiger partial charge in [0.15, 0.2) is 0 Å². The van der Waals surface area contributed by atoms with Gasteiger partial charge in [0.1, 0.15) is 5.82 Å². The summed E-state index contributed by atoms with van der Waals surface area (Å²) in [4.78, 5) is 13.9. The first-order valence-corrected chi connectivity index (χ1v) is 7.64. The maximum Gasteiger partial charge on any atom is 0.131 e. The van der Waals surface area contributed by atoms with Crippen LogP contribution in [0, 0.1) is 0 Å². The molecule has 1 aliphatic heterocycles. The molecule has 2 aliphatic rings. The van der Waals surface area contributed by atoms with E-state index in [-0.39, 0.29) is 6.61 Å². The fourth-order valence-electron chi connectivity index (χ4n) is 2.85. The lowest BCUT2D eigenvalue weighted by atomic mass is 10.2. The highest BCUT2D eigenvalue weighted by atomic mass is 16.3. The van der Waals surface area contributed by atoms with Gasteiger partial charge in [-0.3, -0.25) is 4.90 Å². The summed E-state index contributed by atoms with van der Waals surface area (Å²) in [6.45, 7) is 8.38. The Morgan fingerprint density at radius 1 is 1.25 bits per heavy atom. The smallest absolute Gasteiger partial charge is 0.131 e. The number of hydrogen-bond donors (Lipinski definition) is 1. The third-order valence-corrected chi connectivity index (χ3v) is 4.25. The zero-order valence-electron chi connectivity index (χ0n) is 12.4. The summed E-state index contributed by atoms with van der Waals surface area (Å²) in [6.07, 6.45) is 4.63. The largest absolute Gasteiger partial charge is 0.390 e. The normalized spacial score (nSPS) is 20.7. The van der Waals surface area contributed by atoms with Crippen LogP contribution < -0.4 is 4.90 Å². The highest BCUT2D eigenvalue weighted by Crippen LogP contribution is 2.29. The number of aromatic nitrogens is 2. The average molecular weight is 276 g/mol. The van der Waals surface area contributed by atoms with Crippen molar-refractivity contribution < 1.29 is 5.11 Å². The SMILES string of the molecule is CC(C)c1ncc(N2CCN(C3CC3)CC2)c(CO)n1. The molecular weight excluding hydrogens is 252 g/mol. The van der Waals surface area contributed by atoms with E-state index in [2.05, 4.69) is 33.6 Å². The molecule has 1 aromatic rings. The highest BCUT2D eigenvalue weighted by Gasteiger charge is 2.31. The van der Waals surface area contributed by atoms with Crippen LogP contribution >= 0.6 is 0 Å². The molecule has 1 N–H and O–H groups in total. The lowest BCUT2D eigenvalue weighted by Gasteiger charge is -2.36. The second kappa shape index (κ2) is 5.66. The van der Waals surface area contributed by atoms with E-state index in [1.165, 1.54) is 12.8 Å². The van der Waals surface area contributed by atoms with E-state index in [9.17, 15) is 5.11 Å². The monoisotopic (exact) mass is 276 g/mol. The number of nitrogens with zero attached hydrogens (tertiary/aromatic N) is 4. The third kappa shape index (κ3) is 2.79. The molecular formula is C15H24N4O. The Labute approximate surface area is 120 Å². The van der Waals surface area contributed by atoms with Gasteiger partial charge in [-0.05, 0) is 12.8 Å². The van der Waals surface area contributed by atoms with E-state index in [1.54, 1.807) is 0 Å². The molecule has 20 heavy (non-hydrogen) atoms. The minimum atomic E-state index is -0.0135. The molecule has 2 heterocycles. The fourth-order valence-corrected chi connectivity index (χ4v) is 2.85. The predicted molar refractivity (Wildman–Crippen MR) is 78.9 cm³/mol.